The van der Waals surface area contributed by atoms with Crippen molar-refractivity contribution in [3.63, 3.8) is 0 Å². The standard InChI is InChI=1S/C14H19NO3S/c1-3-6-11(14(17)18)15-13(16)9-19-12-8-5-4-7-10(12)2/h4-5,7-8,11H,3,6,9H2,1-2H3,(H,15,16)(H,17,18)/t11-/m1/s1. The molecule has 0 aliphatic heterocycles. The van der Waals surface area contributed by atoms with Crippen molar-refractivity contribution in [3.05, 3.63) is 29.8 Å². The Morgan fingerprint density at radius 2 is 2.05 bits per heavy atom. The quantitative estimate of drug-likeness (QED) is 0.753. The van der Waals surface area contributed by atoms with Crippen LogP contribution in [0.25, 0.3) is 0 Å². The largest absolute Gasteiger partial charge is 0.480 e. The van der Waals surface area contributed by atoms with Crippen molar-refractivity contribution in [1.29, 1.82) is 0 Å². The maximum atomic E-state index is 11.7. The first-order valence-corrected chi connectivity index (χ1v) is 7.23. The summed E-state index contributed by atoms with van der Waals surface area (Å²) in [5.74, 6) is -0.983. The lowest BCUT2D eigenvalue weighted by molar-refractivity contribution is -0.141. The number of hydrogen-bond donors (Lipinski definition) is 2. The number of carboxylic acid groups (broad SMARTS) is 1. The van der Waals surface area contributed by atoms with E-state index in [0.717, 1.165) is 16.9 Å². The number of aryl methyl sites for hydroxylation is 1. The van der Waals surface area contributed by atoms with Gasteiger partial charge in [0.15, 0.2) is 0 Å². The number of hydrogen-bond acceptors (Lipinski definition) is 3. The molecule has 0 heterocycles. The van der Waals surface area contributed by atoms with E-state index in [1.165, 1.54) is 11.8 Å². The summed E-state index contributed by atoms with van der Waals surface area (Å²) in [6.07, 6.45) is 1.18. The highest BCUT2D eigenvalue weighted by Crippen LogP contribution is 2.21. The molecule has 1 atom stereocenters. The van der Waals surface area contributed by atoms with Gasteiger partial charge < -0.3 is 10.4 Å². The van der Waals surface area contributed by atoms with Gasteiger partial charge >= 0.3 is 5.97 Å². The number of benzene rings is 1. The van der Waals surface area contributed by atoms with Crippen molar-refractivity contribution >= 4 is 23.6 Å². The van der Waals surface area contributed by atoms with Crippen molar-refractivity contribution in [3.8, 4) is 0 Å². The molecule has 2 N–H and O–H groups in total. The third-order valence-electron chi connectivity index (χ3n) is 2.66. The van der Waals surface area contributed by atoms with Crippen LogP contribution < -0.4 is 5.32 Å². The Morgan fingerprint density at radius 1 is 1.37 bits per heavy atom. The van der Waals surface area contributed by atoms with Crippen LogP contribution in [0.3, 0.4) is 0 Å². The van der Waals surface area contributed by atoms with Gasteiger partial charge in [0.05, 0.1) is 5.75 Å². The minimum Gasteiger partial charge on any atom is -0.480 e. The van der Waals surface area contributed by atoms with E-state index in [9.17, 15) is 9.59 Å². The second-order valence-electron chi connectivity index (χ2n) is 4.30. The fourth-order valence-corrected chi connectivity index (χ4v) is 2.48. The number of carbonyl (C=O) groups is 2. The Kier molecular flexibility index (Phi) is 6.42. The molecular weight excluding hydrogens is 262 g/mol. The van der Waals surface area contributed by atoms with Crippen LogP contribution in [-0.4, -0.2) is 28.8 Å². The molecule has 1 aromatic rings. The summed E-state index contributed by atoms with van der Waals surface area (Å²) in [6.45, 7) is 3.88. The fourth-order valence-electron chi connectivity index (χ4n) is 1.64. The first kappa shape index (κ1) is 15.6. The third kappa shape index (κ3) is 5.34. The fraction of sp³-hybridized carbons (Fsp3) is 0.429. The molecule has 0 bridgehead atoms. The molecule has 1 aromatic carbocycles. The second-order valence-corrected chi connectivity index (χ2v) is 5.32. The van der Waals surface area contributed by atoms with E-state index in [2.05, 4.69) is 5.32 Å². The summed E-state index contributed by atoms with van der Waals surface area (Å²) in [5.41, 5.74) is 1.11. The van der Waals surface area contributed by atoms with Crippen LogP contribution >= 0.6 is 11.8 Å². The smallest absolute Gasteiger partial charge is 0.326 e. The molecule has 104 valence electrons. The predicted molar refractivity (Wildman–Crippen MR) is 76.4 cm³/mol. The normalized spacial score (nSPS) is 11.9. The number of thioether (sulfide) groups is 1. The van der Waals surface area contributed by atoms with Crippen LogP contribution in [0.2, 0.25) is 0 Å². The molecule has 0 radical (unpaired) electrons. The van der Waals surface area contributed by atoms with Gasteiger partial charge in [-0.05, 0) is 25.0 Å². The molecule has 0 aromatic heterocycles. The Labute approximate surface area is 117 Å². The average Bonchev–Trinajstić information content (AvgIpc) is 2.37. The first-order chi connectivity index (χ1) is 9.04. The molecule has 0 spiro atoms. The van der Waals surface area contributed by atoms with E-state index in [1.807, 2.05) is 38.1 Å². The lowest BCUT2D eigenvalue weighted by atomic mass is 10.2. The highest BCUT2D eigenvalue weighted by atomic mass is 32.2. The number of carboxylic acids is 1. The zero-order valence-corrected chi connectivity index (χ0v) is 12.0. The van der Waals surface area contributed by atoms with Crippen LogP contribution in [0.1, 0.15) is 25.3 Å². The van der Waals surface area contributed by atoms with E-state index in [0.29, 0.717) is 6.42 Å². The van der Waals surface area contributed by atoms with E-state index in [-0.39, 0.29) is 11.7 Å². The van der Waals surface area contributed by atoms with Crippen LogP contribution in [0.15, 0.2) is 29.2 Å². The highest BCUT2D eigenvalue weighted by molar-refractivity contribution is 8.00. The predicted octanol–water partition coefficient (Wildman–Crippen LogP) is 2.46. The second kappa shape index (κ2) is 7.84. The lowest BCUT2D eigenvalue weighted by Crippen LogP contribution is -2.41. The Morgan fingerprint density at radius 3 is 2.63 bits per heavy atom. The number of rotatable bonds is 7. The summed E-state index contributed by atoms with van der Waals surface area (Å²) in [5, 5.41) is 11.5. The summed E-state index contributed by atoms with van der Waals surface area (Å²) in [4.78, 5) is 23.7. The molecular formula is C14H19NO3S. The molecule has 0 fully saturated rings. The zero-order valence-electron chi connectivity index (χ0n) is 11.2. The van der Waals surface area contributed by atoms with Crippen LogP contribution in [0, 0.1) is 6.92 Å². The molecule has 19 heavy (non-hydrogen) atoms. The van der Waals surface area contributed by atoms with Gasteiger partial charge in [0.1, 0.15) is 6.04 Å². The molecule has 0 aliphatic carbocycles. The van der Waals surface area contributed by atoms with Gasteiger partial charge in [0.25, 0.3) is 0 Å². The van der Waals surface area contributed by atoms with E-state index >= 15 is 0 Å². The molecule has 0 saturated heterocycles. The number of carbonyl (C=O) groups excluding carboxylic acids is 1. The SMILES string of the molecule is CCC[C@@H](NC(=O)CSc1ccccc1C)C(=O)O. The molecule has 5 heteroatoms. The van der Waals surface area contributed by atoms with Gasteiger partial charge in [-0.3, -0.25) is 4.79 Å². The molecule has 4 nitrogen and oxygen atoms in total. The first-order valence-electron chi connectivity index (χ1n) is 6.25. The van der Waals surface area contributed by atoms with Gasteiger partial charge in [0, 0.05) is 4.90 Å². The van der Waals surface area contributed by atoms with Crippen LogP contribution in [0.4, 0.5) is 0 Å². The van der Waals surface area contributed by atoms with Crippen LogP contribution in [-0.2, 0) is 9.59 Å². The lowest BCUT2D eigenvalue weighted by Gasteiger charge is -2.13. The molecule has 0 aliphatic rings. The molecule has 1 rings (SSSR count). The van der Waals surface area contributed by atoms with Crippen molar-refractivity contribution in [2.24, 2.45) is 0 Å². The molecule has 0 unspecified atom stereocenters. The van der Waals surface area contributed by atoms with Gasteiger partial charge in [-0.2, -0.15) is 0 Å². The minimum atomic E-state index is -0.976. The topological polar surface area (TPSA) is 66.4 Å². The summed E-state index contributed by atoms with van der Waals surface area (Å²) < 4.78 is 0. The number of aliphatic carboxylic acids is 1. The third-order valence-corrected chi connectivity index (χ3v) is 3.84. The molecule has 1 amide bonds. The van der Waals surface area contributed by atoms with E-state index < -0.39 is 12.0 Å². The summed E-state index contributed by atoms with van der Waals surface area (Å²) in [7, 11) is 0. The van der Waals surface area contributed by atoms with Crippen LogP contribution in [0.5, 0.6) is 0 Å². The highest BCUT2D eigenvalue weighted by Gasteiger charge is 2.18. The van der Waals surface area contributed by atoms with Crippen molar-refractivity contribution < 1.29 is 14.7 Å². The Hall–Kier alpha value is -1.49. The minimum absolute atomic E-state index is 0.234. The zero-order chi connectivity index (χ0) is 14.3. The van der Waals surface area contributed by atoms with Crippen molar-refractivity contribution in [1.82, 2.24) is 5.32 Å². The summed E-state index contributed by atoms with van der Waals surface area (Å²) in [6, 6.07) is 7.02. The number of amides is 1. The van der Waals surface area contributed by atoms with Crippen molar-refractivity contribution in [2.45, 2.75) is 37.6 Å². The Bertz CT molecular complexity index is 448. The van der Waals surface area contributed by atoms with E-state index in [1.54, 1.807) is 0 Å². The molecule has 0 saturated carbocycles. The van der Waals surface area contributed by atoms with Gasteiger partial charge in [-0.1, -0.05) is 31.5 Å². The van der Waals surface area contributed by atoms with Gasteiger partial charge in [-0.25, -0.2) is 4.79 Å². The number of nitrogens with one attached hydrogen (secondary N) is 1. The van der Waals surface area contributed by atoms with Gasteiger partial charge in [0.2, 0.25) is 5.91 Å². The van der Waals surface area contributed by atoms with Gasteiger partial charge in [-0.15, -0.1) is 11.8 Å². The maximum Gasteiger partial charge on any atom is 0.326 e. The van der Waals surface area contributed by atoms with Crippen molar-refractivity contribution in [2.75, 3.05) is 5.75 Å². The van der Waals surface area contributed by atoms with E-state index in [4.69, 9.17) is 5.11 Å². The maximum absolute atomic E-state index is 11.7. The monoisotopic (exact) mass is 281 g/mol. The summed E-state index contributed by atoms with van der Waals surface area (Å²) >= 11 is 1.42. The average molecular weight is 281 g/mol. The Balaban J connectivity index is 2.47.